The Balaban J connectivity index is 2.09. The van der Waals surface area contributed by atoms with Gasteiger partial charge in [0, 0.05) is 22.4 Å². The van der Waals surface area contributed by atoms with E-state index in [4.69, 9.17) is 12.2 Å². The molecule has 0 bridgehead atoms. The number of hydrogen-bond acceptors (Lipinski definition) is 2. The van der Waals surface area contributed by atoms with Crippen molar-refractivity contribution >= 4 is 34.6 Å². The molecule has 0 radical (unpaired) electrons. The first-order chi connectivity index (χ1) is 10.4. The van der Waals surface area contributed by atoms with Gasteiger partial charge in [-0.2, -0.15) is 0 Å². The molecule has 1 nitrogen and oxygen atoms in total. The highest BCUT2D eigenvalue weighted by molar-refractivity contribution is 7.79. The standard InChI is InChI=1S/C19H15NS/c21-15-16-11-13-19(14-12-16)20(17-7-3-1-4-8-17)18-9-5-2-6-10-18/h1-15H. The second-order valence-corrected chi connectivity index (χ2v) is 4.95. The van der Waals surface area contributed by atoms with Crippen LogP contribution in [0.3, 0.4) is 0 Å². The zero-order chi connectivity index (χ0) is 14.5. The molecule has 0 heterocycles. The molecule has 0 aliphatic rings. The molecule has 0 aliphatic carbocycles. The molecule has 0 atom stereocenters. The third-order valence-electron chi connectivity index (χ3n) is 3.32. The predicted molar refractivity (Wildman–Crippen MR) is 93.9 cm³/mol. The van der Waals surface area contributed by atoms with Crippen molar-refractivity contribution in [1.82, 2.24) is 0 Å². The van der Waals surface area contributed by atoms with Crippen molar-refractivity contribution in [2.75, 3.05) is 4.90 Å². The highest BCUT2D eigenvalue weighted by Gasteiger charge is 2.10. The van der Waals surface area contributed by atoms with Gasteiger partial charge in [-0.1, -0.05) is 60.7 Å². The number of para-hydroxylation sites is 2. The van der Waals surface area contributed by atoms with Gasteiger partial charge in [0.2, 0.25) is 0 Å². The number of nitrogens with zero attached hydrogens (tertiary/aromatic N) is 1. The average molecular weight is 289 g/mol. The smallest absolute Gasteiger partial charge is 0.0462 e. The molecule has 0 aliphatic heterocycles. The van der Waals surface area contributed by atoms with Crippen LogP contribution in [-0.2, 0) is 0 Å². The lowest BCUT2D eigenvalue weighted by atomic mass is 10.1. The molecule has 0 spiro atoms. The fourth-order valence-corrected chi connectivity index (χ4v) is 2.46. The Labute approximate surface area is 130 Å². The van der Waals surface area contributed by atoms with E-state index in [0.717, 1.165) is 22.6 Å². The van der Waals surface area contributed by atoms with E-state index in [-0.39, 0.29) is 0 Å². The first-order valence-electron chi connectivity index (χ1n) is 6.84. The molecular weight excluding hydrogens is 274 g/mol. The maximum absolute atomic E-state index is 4.98. The molecule has 2 heteroatoms. The number of hydrogen-bond donors (Lipinski definition) is 0. The van der Waals surface area contributed by atoms with Crippen molar-refractivity contribution in [3.8, 4) is 0 Å². The highest BCUT2D eigenvalue weighted by Crippen LogP contribution is 2.33. The molecule has 0 amide bonds. The molecule has 3 rings (SSSR count). The third kappa shape index (κ3) is 3.01. The molecule has 21 heavy (non-hydrogen) atoms. The lowest BCUT2D eigenvalue weighted by molar-refractivity contribution is 1.28. The van der Waals surface area contributed by atoms with Crippen LogP contribution in [0.15, 0.2) is 84.9 Å². The Bertz CT molecular complexity index is 666. The number of benzene rings is 3. The van der Waals surface area contributed by atoms with E-state index >= 15 is 0 Å². The molecule has 0 unspecified atom stereocenters. The SMILES string of the molecule is S=Cc1ccc(N(c2ccccc2)c2ccccc2)cc1. The van der Waals surface area contributed by atoms with Gasteiger partial charge >= 0.3 is 0 Å². The van der Waals surface area contributed by atoms with Gasteiger partial charge in [0.05, 0.1) is 0 Å². The van der Waals surface area contributed by atoms with E-state index in [1.54, 1.807) is 5.37 Å². The minimum atomic E-state index is 1.05. The summed E-state index contributed by atoms with van der Waals surface area (Å²) < 4.78 is 0. The Morgan fingerprint density at radius 2 is 1.00 bits per heavy atom. The quantitative estimate of drug-likeness (QED) is 0.583. The Hall–Kier alpha value is -2.45. The summed E-state index contributed by atoms with van der Waals surface area (Å²) in [4.78, 5) is 2.23. The van der Waals surface area contributed by atoms with E-state index in [1.165, 1.54) is 0 Å². The molecule has 0 saturated heterocycles. The minimum absolute atomic E-state index is 1.05. The van der Waals surface area contributed by atoms with Gasteiger partial charge in [0.15, 0.2) is 0 Å². The zero-order valence-corrected chi connectivity index (χ0v) is 12.3. The molecule has 3 aromatic rings. The van der Waals surface area contributed by atoms with Crippen molar-refractivity contribution in [1.29, 1.82) is 0 Å². The Morgan fingerprint density at radius 1 is 0.571 bits per heavy atom. The van der Waals surface area contributed by atoms with Gasteiger partial charge < -0.3 is 4.90 Å². The Kier molecular flexibility index (Phi) is 4.08. The van der Waals surface area contributed by atoms with Crippen LogP contribution < -0.4 is 4.90 Å². The van der Waals surface area contributed by atoms with Crippen molar-refractivity contribution < 1.29 is 0 Å². The first kappa shape index (κ1) is 13.5. The minimum Gasteiger partial charge on any atom is -0.311 e. The molecule has 0 aromatic heterocycles. The monoisotopic (exact) mass is 289 g/mol. The summed E-state index contributed by atoms with van der Waals surface area (Å²) in [5, 5.41) is 1.69. The molecule has 3 aromatic carbocycles. The van der Waals surface area contributed by atoms with Crippen molar-refractivity contribution in [3.05, 3.63) is 90.5 Å². The molecule has 0 N–H and O–H groups in total. The number of thiocarbonyl (C=S) groups is 1. The van der Waals surface area contributed by atoms with Crippen molar-refractivity contribution in [2.24, 2.45) is 0 Å². The highest BCUT2D eigenvalue weighted by atomic mass is 32.1. The zero-order valence-electron chi connectivity index (χ0n) is 11.5. The second-order valence-electron chi connectivity index (χ2n) is 4.72. The fraction of sp³-hybridized carbons (Fsp3) is 0. The summed E-state index contributed by atoms with van der Waals surface area (Å²) in [5.74, 6) is 0. The summed E-state index contributed by atoms with van der Waals surface area (Å²) >= 11 is 4.98. The summed E-state index contributed by atoms with van der Waals surface area (Å²) in [6, 6.07) is 29.0. The van der Waals surface area contributed by atoms with Crippen LogP contribution in [0, 0.1) is 0 Å². The maximum Gasteiger partial charge on any atom is 0.0462 e. The molecule has 0 fully saturated rings. The molecular formula is C19H15NS. The van der Waals surface area contributed by atoms with Crippen LogP contribution in [0.5, 0.6) is 0 Å². The van der Waals surface area contributed by atoms with E-state index < -0.39 is 0 Å². The summed E-state index contributed by atoms with van der Waals surface area (Å²) in [5.41, 5.74) is 4.44. The summed E-state index contributed by atoms with van der Waals surface area (Å²) in [6.07, 6.45) is 0. The van der Waals surface area contributed by atoms with Gasteiger partial charge in [-0.05, 0) is 42.0 Å². The number of anilines is 3. The summed E-state index contributed by atoms with van der Waals surface area (Å²) in [6.45, 7) is 0. The molecule has 102 valence electrons. The van der Waals surface area contributed by atoms with Crippen LogP contribution in [0.2, 0.25) is 0 Å². The first-order valence-corrected chi connectivity index (χ1v) is 7.31. The van der Waals surface area contributed by atoms with Crippen molar-refractivity contribution in [2.45, 2.75) is 0 Å². The third-order valence-corrected chi connectivity index (χ3v) is 3.59. The number of rotatable bonds is 4. The van der Waals surface area contributed by atoms with Gasteiger partial charge in [-0.3, -0.25) is 0 Å². The fourth-order valence-electron chi connectivity index (χ4n) is 2.30. The Morgan fingerprint density at radius 3 is 1.43 bits per heavy atom. The molecule has 0 saturated carbocycles. The van der Waals surface area contributed by atoms with Crippen LogP contribution >= 0.6 is 12.2 Å². The predicted octanol–water partition coefficient (Wildman–Crippen LogP) is 5.50. The van der Waals surface area contributed by atoms with Gasteiger partial charge in [0.25, 0.3) is 0 Å². The summed E-state index contributed by atoms with van der Waals surface area (Å²) in [7, 11) is 0. The lowest BCUT2D eigenvalue weighted by Crippen LogP contribution is -2.09. The van der Waals surface area contributed by atoms with Crippen LogP contribution in [-0.4, -0.2) is 5.37 Å². The van der Waals surface area contributed by atoms with Gasteiger partial charge in [-0.15, -0.1) is 0 Å². The van der Waals surface area contributed by atoms with E-state index in [2.05, 4.69) is 65.6 Å². The normalized spacial score (nSPS) is 10.1. The van der Waals surface area contributed by atoms with Crippen LogP contribution in [0.4, 0.5) is 17.1 Å². The maximum atomic E-state index is 4.98. The van der Waals surface area contributed by atoms with Crippen molar-refractivity contribution in [3.63, 3.8) is 0 Å². The van der Waals surface area contributed by atoms with Gasteiger partial charge in [-0.25, -0.2) is 0 Å². The van der Waals surface area contributed by atoms with Crippen LogP contribution in [0.25, 0.3) is 0 Å². The average Bonchev–Trinajstić information content (AvgIpc) is 2.58. The largest absolute Gasteiger partial charge is 0.311 e. The van der Waals surface area contributed by atoms with E-state index in [1.807, 2.05) is 24.3 Å². The lowest BCUT2D eigenvalue weighted by Gasteiger charge is -2.25. The topological polar surface area (TPSA) is 3.24 Å². The van der Waals surface area contributed by atoms with Crippen LogP contribution in [0.1, 0.15) is 5.56 Å². The van der Waals surface area contributed by atoms with E-state index in [9.17, 15) is 0 Å². The van der Waals surface area contributed by atoms with E-state index in [0.29, 0.717) is 0 Å². The van der Waals surface area contributed by atoms with Gasteiger partial charge in [0.1, 0.15) is 0 Å². The second kappa shape index (κ2) is 6.33.